The molecule has 1 N–H and O–H groups in total. The molecule has 10 heteroatoms. The van der Waals surface area contributed by atoms with Gasteiger partial charge in [0.25, 0.3) is 5.91 Å². The van der Waals surface area contributed by atoms with E-state index in [4.69, 9.17) is 9.47 Å². The number of amides is 1. The smallest absolute Gasteiger partial charge is 0.251 e. The molecule has 1 aromatic rings. The van der Waals surface area contributed by atoms with Crippen LogP contribution in [0.2, 0.25) is 0 Å². The molecule has 0 aromatic carbocycles. The van der Waals surface area contributed by atoms with Gasteiger partial charge in [0, 0.05) is 46.0 Å². The highest BCUT2D eigenvalue weighted by atomic mass is 127. The molecule has 3 rings (SSSR count). The van der Waals surface area contributed by atoms with Crippen LogP contribution in [0.5, 0.6) is 5.88 Å². The van der Waals surface area contributed by atoms with Crippen molar-refractivity contribution in [3.8, 4) is 5.88 Å². The van der Waals surface area contributed by atoms with E-state index in [1.54, 1.807) is 7.05 Å². The predicted octanol–water partition coefficient (Wildman–Crippen LogP) is 1.12. The van der Waals surface area contributed by atoms with Crippen molar-refractivity contribution in [2.75, 3.05) is 53.0 Å². The Bertz CT molecular complexity index is 664. The SMILES string of the molecule is CN=C(NCCOc1ncccc1F)N1CCN(C(=O)C2CCCO2)CC1.I. The van der Waals surface area contributed by atoms with E-state index in [2.05, 4.69) is 20.2 Å². The van der Waals surface area contributed by atoms with Crippen LogP contribution in [-0.4, -0.2) is 85.7 Å². The number of carbonyl (C=O) groups excluding carboxylic acids is 1. The van der Waals surface area contributed by atoms with Crippen molar-refractivity contribution in [2.45, 2.75) is 18.9 Å². The topological polar surface area (TPSA) is 79.3 Å². The number of hydrogen-bond donors (Lipinski definition) is 1. The highest BCUT2D eigenvalue weighted by Crippen LogP contribution is 2.16. The molecule has 28 heavy (non-hydrogen) atoms. The van der Waals surface area contributed by atoms with Gasteiger partial charge < -0.3 is 24.6 Å². The first-order chi connectivity index (χ1) is 13.2. The molecular weight excluding hydrogens is 480 g/mol. The number of carbonyl (C=O) groups is 1. The zero-order chi connectivity index (χ0) is 19.1. The van der Waals surface area contributed by atoms with Gasteiger partial charge in [-0.2, -0.15) is 0 Å². The summed E-state index contributed by atoms with van der Waals surface area (Å²) in [5.41, 5.74) is 0. The molecule has 0 bridgehead atoms. The maximum absolute atomic E-state index is 13.5. The maximum atomic E-state index is 13.5. The summed E-state index contributed by atoms with van der Waals surface area (Å²) in [7, 11) is 1.71. The molecule has 1 amide bonds. The predicted molar refractivity (Wildman–Crippen MR) is 114 cm³/mol. The Morgan fingerprint density at radius 1 is 1.39 bits per heavy atom. The van der Waals surface area contributed by atoms with Crippen molar-refractivity contribution in [1.29, 1.82) is 0 Å². The van der Waals surface area contributed by atoms with E-state index in [0.717, 1.165) is 18.8 Å². The minimum absolute atomic E-state index is 0. The third-order valence-electron chi connectivity index (χ3n) is 4.66. The van der Waals surface area contributed by atoms with E-state index in [9.17, 15) is 9.18 Å². The molecule has 3 heterocycles. The summed E-state index contributed by atoms with van der Waals surface area (Å²) in [6.45, 7) is 4.12. The lowest BCUT2D eigenvalue weighted by Crippen LogP contribution is -2.55. The first kappa shape index (κ1) is 22.6. The number of nitrogens with one attached hydrogen (secondary N) is 1. The molecule has 2 fully saturated rings. The van der Waals surface area contributed by atoms with Gasteiger partial charge in [0.2, 0.25) is 5.88 Å². The molecule has 1 atom stereocenters. The van der Waals surface area contributed by atoms with E-state index in [1.165, 1.54) is 18.3 Å². The standard InChI is InChI=1S/C18H26FN5O3.HI/c1-20-18(22-7-13-27-16-14(19)4-2-6-21-16)24-10-8-23(9-11-24)17(25)15-5-3-12-26-15;/h2,4,6,15H,3,5,7-13H2,1H3,(H,20,22);1H. The third-order valence-corrected chi connectivity index (χ3v) is 4.66. The van der Waals surface area contributed by atoms with Gasteiger partial charge >= 0.3 is 0 Å². The summed E-state index contributed by atoms with van der Waals surface area (Å²) in [6, 6.07) is 2.83. The van der Waals surface area contributed by atoms with Crippen LogP contribution < -0.4 is 10.1 Å². The monoisotopic (exact) mass is 507 g/mol. The van der Waals surface area contributed by atoms with Crippen LogP contribution in [0.4, 0.5) is 4.39 Å². The minimum atomic E-state index is -0.478. The highest BCUT2D eigenvalue weighted by Gasteiger charge is 2.30. The first-order valence-electron chi connectivity index (χ1n) is 9.28. The summed E-state index contributed by atoms with van der Waals surface area (Å²) in [4.78, 5) is 24.5. The van der Waals surface area contributed by atoms with Crippen molar-refractivity contribution in [3.05, 3.63) is 24.1 Å². The van der Waals surface area contributed by atoms with Crippen molar-refractivity contribution >= 4 is 35.8 Å². The Hall–Kier alpha value is -1.69. The molecule has 2 aliphatic heterocycles. The zero-order valence-electron chi connectivity index (χ0n) is 16.0. The van der Waals surface area contributed by atoms with Crippen LogP contribution in [0.15, 0.2) is 23.3 Å². The number of pyridine rings is 1. The molecule has 2 saturated heterocycles. The van der Waals surface area contributed by atoms with E-state index in [0.29, 0.717) is 39.3 Å². The normalized spacial score (nSPS) is 19.9. The van der Waals surface area contributed by atoms with Crippen LogP contribution in [0.1, 0.15) is 12.8 Å². The number of aromatic nitrogens is 1. The molecule has 0 aliphatic carbocycles. The van der Waals surface area contributed by atoms with Crippen LogP contribution in [0.25, 0.3) is 0 Å². The Kier molecular flexibility index (Phi) is 9.16. The van der Waals surface area contributed by atoms with Gasteiger partial charge in [-0.3, -0.25) is 9.79 Å². The van der Waals surface area contributed by atoms with E-state index < -0.39 is 5.82 Å². The number of halogens is 2. The van der Waals surface area contributed by atoms with Gasteiger partial charge in [-0.05, 0) is 25.0 Å². The third kappa shape index (κ3) is 5.90. The average molecular weight is 507 g/mol. The Balaban J connectivity index is 0.00000280. The van der Waals surface area contributed by atoms with Gasteiger partial charge in [0.05, 0.1) is 6.54 Å². The fraction of sp³-hybridized carbons (Fsp3) is 0.611. The van der Waals surface area contributed by atoms with Crippen molar-refractivity contribution < 1.29 is 18.7 Å². The van der Waals surface area contributed by atoms with Crippen LogP contribution in [0, 0.1) is 5.82 Å². The molecule has 1 unspecified atom stereocenters. The number of nitrogens with zero attached hydrogens (tertiary/aromatic N) is 4. The van der Waals surface area contributed by atoms with E-state index in [1.807, 2.05) is 4.90 Å². The summed E-state index contributed by atoms with van der Waals surface area (Å²) in [6.07, 6.45) is 3.00. The van der Waals surface area contributed by atoms with Gasteiger partial charge in [0.15, 0.2) is 11.8 Å². The number of ether oxygens (including phenoxy) is 2. The Morgan fingerprint density at radius 3 is 2.79 bits per heavy atom. The van der Waals surface area contributed by atoms with Crippen LogP contribution in [-0.2, 0) is 9.53 Å². The van der Waals surface area contributed by atoms with Gasteiger partial charge in [-0.15, -0.1) is 24.0 Å². The van der Waals surface area contributed by atoms with Crippen LogP contribution in [0.3, 0.4) is 0 Å². The van der Waals surface area contributed by atoms with Crippen molar-refractivity contribution in [3.63, 3.8) is 0 Å². The summed E-state index contributed by atoms with van der Waals surface area (Å²) >= 11 is 0. The van der Waals surface area contributed by atoms with Crippen molar-refractivity contribution in [1.82, 2.24) is 20.1 Å². The molecule has 0 radical (unpaired) electrons. The summed E-state index contributed by atoms with van der Waals surface area (Å²) < 4.78 is 24.3. The second-order valence-corrected chi connectivity index (χ2v) is 6.43. The number of piperazine rings is 1. The molecule has 156 valence electrons. The number of guanidine groups is 1. The minimum Gasteiger partial charge on any atom is -0.474 e. The Labute approximate surface area is 181 Å². The molecule has 8 nitrogen and oxygen atoms in total. The lowest BCUT2D eigenvalue weighted by Gasteiger charge is -2.37. The lowest BCUT2D eigenvalue weighted by atomic mass is 10.2. The second kappa shape index (κ2) is 11.3. The number of hydrogen-bond acceptors (Lipinski definition) is 5. The van der Waals surface area contributed by atoms with E-state index >= 15 is 0 Å². The molecule has 0 spiro atoms. The molecule has 2 aliphatic rings. The Morgan fingerprint density at radius 2 is 2.14 bits per heavy atom. The molecule has 1 aromatic heterocycles. The van der Waals surface area contributed by atoms with Gasteiger partial charge in [-0.1, -0.05) is 0 Å². The largest absolute Gasteiger partial charge is 0.474 e. The van der Waals surface area contributed by atoms with Gasteiger partial charge in [-0.25, -0.2) is 9.37 Å². The first-order valence-corrected chi connectivity index (χ1v) is 9.28. The fourth-order valence-electron chi connectivity index (χ4n) is 3.23. The quantitative estimate of drug-likeness (QED) is 0.279. The van der Waals surface area contributed by atoms with E-state index in [-0.39, 0.29) is 48.5 Å². The molecule has 0 saturated carbocycles. The summed E-state index contributed by atoms with van der Waals surface area (Å²) in [5.74, 6) is 0.356. The highest BCUT2D eigenvalue weighted by molar-refractivity contribution is 14.0. The van der Waals surface area contributed by atoms with Gasteiger partial charge in [0.1, 0.15) is 12.7 Å². The summed E-state index contributed by atoms with van der Waals surface area (Å²) in [5, 5.41) is 3.20. The lowest BCUT2D eigenvalue weighted by molar-refractivity contribution is -0.142. The molecular formula is C18H27FIN5O3. The van der Waals surface area contributed by atoms with Crippen LogP contribution >= 0.6 is 24.0 Å². The zero-order valence-corrected chi connectivity index (χ0v) is 18.3. The average Bonchev–Trinajstić information content (AvgIpc) is 3.24. The second-order valence-electron chi connectivity index (χ2n) is 6.43. The number of rotatable bonds is 5. The van der Waals surface area contributed by atoms with Crippen molar-refractivity contribution in [2.24, 2.45) is 4.99 Å². The fourth-order valence-corrected chi connectivity index (χ4v) is 3.23. The maximum Gasteiger partial charge on any atom is 0.251 e. The number of aliphatic imine (C=N–C) groups is 1.